The van der Waals surface area contributed by atoms with Gasteiger partial charge in [0, 0.05) is 17.5 Å². The van der Waals surface area contributed by atoms with E-state index >= 15 is 0 Å². The van der Waals surface area contributed by atoms with Gasteiger partial charge in [0.15, 0.2) is 0 Å². The summed E-state index contributed by atoms with van der Waals surface area (Å²) in [6.45, 7) is 4.18. The highest BCUT2D eigenvalue weighted by Gasteiger charge is 2.23. The summed E-state index contributed by atoms with van der Waals surface area (Å²) in [4.78, 5) is 3.78. The zero-order chi connectivity index (χ0) is 9.97. The Kier molecular flexibility index (Phi) is 3.21. The van der Waals surface area contributed by atoms with Crippen molar-refractivity contribution in [2.24, 2.45) is 0 Å². The number of piperidine rings is 1. The fraction of sp³-hybridized carbons (Fsp3) is 0.636. The van der Waals surface area contributed by atoms with Crippen molar-refractivity contribution in [2.45, 2.75) is 31.9 Å². The van der Waals surface area contributed by atoms with Crippen LogP contribution in [0.15, 0.2) is 17.5 Å². The summed E-state index contributed by atoms with van der Waals surface area (Å²) in [6, 6.07) is 4.73. The normalized spacial score (nSPS) is 26.3. The number of thiophene rings is 1. The van der Waals surface area contributed by atoms with E-state index in [0.29, 0.717) is 6.04 Å². The first-order valence-electron chi connectivity index (χ1n) is 5.23. The minimum absolute atomic E-state index is 0.119. The Morgan fingerprint density at radius 2 is 2.50 bits per heavy atom. The van der Waals surface area contributed by atoms with Gasteiger partial charge in [0.1, 0.15) is 0 Å². The minimum Gasteiger partial charge on any atom is -0.392 e. The zero-order valence-electron chi connectivity index (χ0n) is 8.52. The van der Waals surface area contributed by atoms with E-state index < -0.39 is 0 Å². The van der Waals surface area contributed by atoms with Crippen molar-refractivity contribution in [3.05, 3.63) is 22.4 Å². The summed E-state index contributed by atoms with van der Waals surface area (Å²) in [5, 5.41) is 11.7. The van der Waals surface area contributed by atoms with Gasteiger partial charge in [0.05, 0.1) is 6.10 Å². The Morgan fingerprint density at radius 3 is 3.14 bits per heavy atom. The van der Waals surface area contributed by atoms with E-state index in [-0.39, 0.29) is 6.10 Å². The van der Waals surface area contributed by atoms with Crippen LogP contribution in [0, 0.1) is 0 Å². The summed E-state index contributed by atoms with van der Waals surface area (Å²) < 4.78 is 0. The molecule has 0 saturated carbocycles. The van der Waals surface area contributed by atoms with E-state index in [9.17, 15) is 5.11 Å². The number of likely N-dealkylation sites (tertiary alicyclic amines) is 1. The fourth-order valence-electron chi connectivity index (χ4n) is 2.04. The number of hydrogen-bond acceptors (Lipinski definition) is 3. The average molecular weight is 211 g/mol. The first-order valence-corrected chi connectivity index (χ1v) is 6.11. The van der Waals surface area contributed by atoms with Gasteiger partial charge in [-0.05, 0) is 37.8 Å². The predicted octanol–water partition coefficient (Wildman–Crippen LogP) is 2.27. The number of aliphatic hydroxyl groups excluding tert-OH is 1. The van der Waals surface area contributed by atoms with Crippen molar-refractivity contribution in [3.8, 4) is 0 Å². The van der Waals surface area contributed by atoms with Crippen LogP contribution in [0.5, 0.6) is 0 Å². The summed E-state index contributed by atoms with van der Waals surface area (Å²) in [5.74, 6) is 0. The van der Waals surface area contributed by atoms with Crippen LogP contribution >= 0.6 is 11.3 Å². The smallest absolute Gasteiger partial charge is 0.0667 e. The van der Waals surface area contributed by atoms with Crippen molar-refractivity contribution >= 4 is 11.3 Å². The molecule has 2 rings (SSSR count). The highest BCUT2D eigenvalue weighted by atomic mass is 32.1. The Morgan fingerprint density at radius 1 is 1.64 bits per heavy atom. The van der Waals surface area contributed by atoms with Crippen molar-refractivity contribution in [1.82, 2.24) is 4.90 Å². The van der Waals surface area contributed by atoms with E-state index in [2.05, 4.69) is 29.3 Å². The second-order valence-electron chi connectivity index (χ2n) is 3.98. The Balaban J connectivity index is 2.00. The topological polar surface area (TPSA) is 23.5 Å². The van der Waals surface area contributed by atoms with Crippen LogP contribution in [0.1, 0.15) is 30.7 Å². The molecular weight excluding hydrogens is 194 g/mol. The number of aliphatic hydroxyl groups is 1. The molecule has 3 heteroatoms. The van der Waals surface area contributed by atoms with Gasteiger partial charge in [-0.3, -0.25) is 4.90 Å². The summed E-state index contributed by atoms with van der Waals surface area (Å²) in [7, 11) is 0. The largest absolute Gasteiger partial charge is 0.392 e. The fourth-order valence-corrected chi connectivity index (χ4v) is 2.86. The van der Waals surface area contributed by atoms with Crippen LogP contribution in [0.3, 0.4) is 0 Å². The van der Waals surface area contributed by atoms with Crippen LogP contribution < -0.4 is 0 Å². The first kappa shape index (κ1) is 10.1. The van der Waals surface area contributed by atoms with Crippen LogP contribution in [0.2, 0.25) is 0 Å². The molecule has 2 atom stereocenters. The Bertz CT molecular complexity index is 273. The van der Waals surface area contributed by atoms with Gasteiger partial charge in [0.25, 0.3) is 0 Å². The minimum atomic E-state index is -0.119. The molecule has 1 N–H and O–H groups in total. The molecule has 0 aromatic carbocycles. The third kappa shape index (κ3) is 2.16. The molecule has 1 saturated heterocycles. The Hall–Kier alpha value is -0.380. The van der Waals surface area contributed by atoms with E-state index in [1.165, 1.54) is 4.88 Å². The lowest BCUT2D eigenvalue weighted by atomic mass is 10.1. The quantitative estimate of drug-likeness (QED) is 0.811. The molecule has 0 bridgehead atoms. The summed E-state index contributed by atoms with van der Waals surface area (Å²) >= 11 is 1.80. The van der Waals surface area contributed by atoms with Crippen molar-refractivity contribution in [1.29, 1.82) is 0 Å². The number of rotatable bonds is 2. The van der Waals surface area contributed by atoms with Gasteiger partial charge < -0.3 is 5.11 Å². The molecule has 1 aliphatic heterocycles. The molecule has 1 aromatic heterocycles. The van der Waals surface area contributed by atoms with E-state index in [1.54, 1.807) is 11.3 Å². The Labute approximate surface area is 89.2 Å². The lowest BCUT2D eigenvalue weighted by Crippen LogP contribution is -2.39. The number of β-amino-alcohol motifs (C(OH)–C–C–N with tert-alkyl or cyclic N) is 1. The molecule has 1 aliphatic rings. The second kappa shape index (κ2) is 4.43. The second-order valence-corrected chi connectivity index (χ2v) is 4.96. The maximum Gasteiger partial charge on any atom is 0.0667 e. The van der Waals surface area contributed by atoms with E-state index in [4.69, 9.17) is 0 Å². The van der Waals surface area contributed by atoms with Gasteiger partial charge >= 0.3 is 0 Å². The van der Waals surface area contributed by atoms with E-state index in [0.717, 1.165) is 25.9 Å². The third-order valence-corrected chi connectivity index (χ3v) is 3.97. The van der Waals surface area contributed by atoms with E-state index in [1.807, 2.05) is 0 Å². The van der Waals surface area contributed by atoms with Crippen LogP contribution in [-0.2, 0) is 0 Å². The molecule has 2 heterocycles. The van der Waals surface area contributed by atoms with Crippen molar-refractivity contribution < 1.29 is 5.11 Å². The monoisotopic (exact) mass is 211 g/mol. The third-order valence-electron chi connectivity index (χ3n) is 2.93. The predicted molar refractivity (Wildman–Crippen MR) is 59.5 cm³/mol. The van der Waals surface area contributed by atoms with Gasteiger partial charge in [-0.1, -0.05) is 6.07 Å². The maximum absolute atomic E-state index is 9.59. The lowest BCUT2D eigenvalue weighted by Gasteiger charge is -2.34. The molecule has 1 fully saturated rings. The van der Waals surface area contributed by atoms with Gasteiger partial charge in [-0.15, -0.1) is 11.3 Å². The van der Waals surface area contributed by atoms with Crippen molar-refractivity contribution in [3.63, 3.8) is 0 Å². The van der Waals surface area contributed by atoms with Crippen LogP contribution in [0.25, 0.3) is 0 Å². The average Bonchev–Trinajstić information content (AvgIpc) is 2.69. The van der Waals surface area contributed by atoms with Gasteiger partial charge in [-0.2, -0.15) is 0 Å². The van der Waals surface area contributed by atoms with Crippen LogP contribution in [0.4, 0.5) is 0 Å². The molecular formula is C11H17NOS. The van der Waals surface area contributed by atoms with Crippen molar-refractivity contribution in [2.75, 3.05) is 13.1 Å². The highest BCUT2D eigenvalue weighted by Crippen LogP contribution is 2.27. The molecule has 14 heavy (non-hydrogen) atoms. The van der Waals surface area contributed by atoms with Gasteiger partial charge in [-0.25, -0.2) is 0 Å². The number of nitrogens with zero attached hydrogens (tertiary/aromatic N) is 1. The molecule has 0 unspecified atom stereocenters. The van der Waals surface area contributed by atoms with Crippen LogP contribution in [-0.4, -0.2) is 29.2 Å². The maximum atomic E-state index is 9.59. The molecule has 2 nitrogen and oxygen atoms in total. The van der Waals surface area contributed by atoms with Gasteiger partial charge in [0.2, 0.25) is 0 Å². The number of hydrogen-bond donors (Lipinski definition) is 1. The first-order chi connectivity index (χ1) is 6.77. The standard InChI is InChI=1S/C11H17NOS/c1-9(11-5-3-7-14-11)12-6-2-4-10(13)8-12/h3,5,7,9-10,13H,2,4,6,8H2,1H3/t9-,10+/m0/s1. The lowest BCUT2D eigenvalue weighted by molar-refractivity contribution is 0.0511. The molecule has 0 spiro atoms. The highest BCUT2D eigenvalue weighted by molar-refractivity contribution is 7.10. The zero-order valence-corrected chi connectivity index (χ0v) is 9.33. The summed E-state index contributed by atoms with van der Waals surface area (Å²) in [6.07, 6.45) is 1.97. The molecule has 1 aromatic rings. The SMILES string of the molecule is C[C@@H](c1cccs1)N1CCC[C@@H](O)C1. The molecule has 0 radical (unpaired) electrons. The summed E-state index contributed by atoms with van der Waals surface area (Å²) in [5.41, 5.74) is 0. The molecule has 0 amide bonds. The molecule has 0 aliphatic carbocycles. The molecule has 78 valence electrons.